The minimum absolute atomic E-state index is 0.232. The zero-order valence-electron chi connectivity index (χ0n) is 8.33. The highest BCUT2D eigenvalue weighted by Crippen LogP contribution is 2.18. The van der Waals surface area contributed by atoms with Crippen LogP contribution in [0.3, 0.4) is 0 Å². The van der Waals surface area contributed by atoms with Crippen molar-refractivity contribution in [1.29, 1.82) is 0 Å². The van der Waals surface area contributed by atoms with Gasteiger partial charge in [-0.15, -0.1) is 0 Å². The molecule has 1 aromatic heterocycles. The van der Waals surface area contributed by atoms with Crippen molar-refractivity contribution >= 4 is 39.0 Å². The van der Waals surface area contributed by atoms with Crippen LogP contribution in [0.1, 0.15) is 24.2 Å². The quantitative estimate of drug-likeness (QED) is 0.834. The maximum Gasteiger partial charge on any atom is 0.256 e. The Hall–Kier alpha value is -0.880. The average molecular weight is 291 g/mol. The number of hydrogen-bond acceptors (Lipinski definition) is 3. The lowest BCUT2D eigenvalue weighted by molar-refractivity contribution is 0.0930. The van der Waals surface area contributed by atoms with Crippen LogP contribution >= 0.6 is 28.1 Å². The molecule has 1 heterocycles. The van der Waals surface area contributed by atoms with Crippen LogP contribution in [0.2, 0.25) is 0 Å². The molecule has 15 heavy (non-hydrogen) atoms. The van der Waals surface area contributed by atoms with Crippen LogP contribution in [-0.4, -0.2) is 16.4 Å². The second kappa shape index (κ2) is 4.32. The van der Waals surface area contributed by atoms with Crippen LogP contribution in [0.25, 0.3) is 0 Å². The van der Waals surface area contributed by atoms with E-state index in [2.05, 4.69) is 21.2 Å². The summed E-state index contributed by atoms with van der Waals surface area (Å²) in [5.41, 5.74) is 5.19. The SMILES string of the molecule is CC(C)(NC(=O)c1ccoc1Br)C(N)=S. The third kappa shape index (κ3) is 2.79. The number of carbonyl (C=O) groups is 1. The molecule has 0 atom stereocenters. The molecule has 82 valence electrons. The molecule has 0 aromatic carbocycles. The molecule has 6 heteroatoms. The Morgan fingerprint density at radius 2 is 2.27 bits per heavy atom. The number of halogens is 1. The summed E-state index contributed by atoms with van der Waals surface area (Å²) in [7, 11) is 0. The molecule has 1 rings (SSSR count). The fraction of sp³-hybridized carbons (Fsp3) is 0.333. The van der Waals surface area contributed by atoms with Crippen LogP contribution in [0.5, 0.6) is 0 Å². The van der Waals surface area contributed by atoms with Gasteiger partial charge in [0.25, 0.3) is 5.91 Å². The molecule has 0 saturated heterocycles. The molecule has 0 fully saturated rings. The molecule has 3 N–H and O–H groups in total. The van der Waals surface area contributed by atoms with E-state index in [1.54, 1.807) is 19.9 Å². The molecule has 4 nitrogen and oxygen atoms in total. The van der Waals surface area contributed by atoms with E-state index in [0.717, 1.165) is 0 Å². The summed E-state index contributed by atoms with van der Waals surface area (Å²) in [6, 6.07) is 1.56. The van der Waals surface area contributed by atoms with Gasteiger partial charge in [0.15, 0.2) is 4.67 Å². The highest BCUT2D eigenvalue weighted by Gasteiger charge is 2.25. The first-order valence-corrected chi connectivity index (χ1v) is 5.40. The first-order chi connectivity index (χ1) is 6.84. The molecule has 0 aliphatic heterocycles. The first-order valence-electron chi connectivity index (χ1n) is 4.20. The van der Waals surface area contributed by atoms with Gasteiger partial charge in [-0.3, -0.25) is 4.79 Å². The van der Waals surface area contributed by atoms with Crippen molar-refractivity contribution in [2.75, 3.05) is 0 Å². The maximum atomic E-state index is 11.7. The van der Waals surface area contributed by atoms with E-state index in [1.807, 2.05) is 0 Å². The Kier molecular flexibility index (Phi) is 3.51. The zero-order chi connectivity index (χ0) is 11.6. The molecular weight excluding hydrogens is 280 g/mol. The second-order valence-corrected chi connectivity index (χ2v) is 4.71. The first kappa shape index (κ1) is 12.2. The van der Waals surface area contributed by atoms with Crippen molar-refractivity contribution in [3.63, 3.8) is 0 Å². The topological polar surface area (TPSA) is 68.3 Å². The Morgan fingerprint density at radius 3 is 2.67 bits per heavy atom. The molecule has 0 unspecified atom stereocenters. The van der Waals surface area contributed by atoms with Crippen LogP contribution in [0.15, 0.2) is 21.4 Å². The zero-order valence-corrected chi connectivity index (χ0v) is 10.7. The van der Waals surface area contributed by atoms with Crippen LogP contribution < -0.4 is 11.1 Å². The summed E-state index contributed by atoms with van der Waals surface area (Å²) < 4.78 is 5.34. The average Bonchev–Trinajstić information content (AvgIpc) is 2.50. The number of amides is 1. The smallest absolute Gasteiger partial charge is 0.256 e. The van der Waals surface area contributed by atoms with Crippen molar-refractivity contribution in [3.8, 4) is 0 Å². The fourth-order valence-corrected chi connectivity index (χ4v) is 1.34. The molecule has 0 aliphatic carbocycles. The standard InChI is InChI=1S/C9H11BrN2O2S/c1-9(2,8(11)15)12-7(13)5-3-4-14-6(5)10/h3-4H,1-2H3,(H2,11,15)(H,12,13). The van der Waals surface area contributed by atoms with Gasteiger partial charge >= 0.3 is 0 Å². The van der Waals surface area contributed by atoms with Crippen LogP contribution in [0.4, 0.5) is 0 Å². The molecule has 0 radical (unpaired) electrons. The van der Waals surface area contributed by atoms with E-state index in [1.165, 1.54) is 6.26 Å². The van der Waals surface area contributed by atoms with E-state index in [4.69, 9.17) is 22.4 Å². The summed E-state index contributed by atoms with van der Waals surface area (Å²) in [5, 5.41) is 2.70. The van der Waals surface area contributed by atoms with Crippen LogP contribution in [0, 0.1) is 0 Å². The normalized spacial score (nSPS) is 11.1. The Labute approximate surface area is 101 Å². The number of nitrogens with one attached hydrogen (secondary N) is 1. The number of rotatable bonds is 3. The second-order valence-electron chi connectivity index (χ2n) is 3.55. The van der Waals surface area contributed by atoms with E-state index in [-0.39, 0.29) is 10.9 Å². The number of nitrogens with two attached hydrogens (primary N) is 1. The molecule has 0 aliphatic rings. The van der Waals surface area contributed by atoms with Gasteiger partial charge in [-0.05, 0) is 35.8 Å². The fourth-order valence-electron chi connectivity index (χ4n) is 0.869. The van der Waals surface area contributed by atoms with Gasteiger partial charge in [-0.2, -0.15) is 0 Å². The largest absolute Gasteiger partial charge is 0.457 e. The Morgan fingerprint density at radius 1 is 1.67 bits per heavy atom. The third-order valence-electron chi connectivity index (χ3n) is 1.90. The molecule has 0 saturated carbocycles. The lowest BCUT2D eigenvalue weighted by Gasteiger charge is -2.24. The number of thiocarbonyl (C=S) groups is 1. The van der Waals surface area contributed by atoms with Crippen molar-refractivity contribution < 1.29 is 9.21 Å². The lowest BCUT2D eigenvalue weighted by atomic mass is 10.1. The van der Waals surface area contributed by atoms with Gasteiger partial charge in [0.2, 0.25) is 0 Å². The van der Waals surface area contributed by atoms with E-state index in [9.17, 15) is 4.79 Å². The summed E-state index contributed by atoms with van der Waals surface area (Å²) in [4.78, 5) is 12.0. The minimum Gasteiger partial charge on any atom is -0.457 e. The van der Waals surface area contributed by atoms with E-state index in [0.29, 0.717) is 10.2 Å². The monoisotopic (exact) mass is 290 g/mol. The van der Waals surface area contributed by atoms with Crippen molar-refractivity contribution in [2.24, 2.45) is 5.73 Å². The highest BCUT2D eigenvalue weighted by molar-refractivity contribution is 9.10. The maximum absolute atomic E-state index is 11.7. The van der Waals surface area contributed by atoms with Gasteiger partial charge < -0.3 is 15.5 Å². The molecule has 1 aromatic rings. The summed E-state index contributed by atoms with van der Waals surface area (Å²) in [6.07, 6.45) is 1.42. The molecule has 1 amide bonds. The summed E-state index contributed by atoms with van der Waals surface area (Å²) >= 11 is 7.96. The Balaban J connectivity index is 2.81. The van der Waals surface area contributed by atoms with E-state index >= 15 is 0 Å². The van der Waals surface area contributed by atoms with Crippen molar-refractivity contribution in [3.05, 3.63) is 22.6 Å². The molecule has 0 bridgehead atoms. The van der Waals surface area contributed by atoms with Crippen LogP contribution in [-0.2, 0) is 0 Å². The van der Waals surface area contributed by atoms with Gasteiger partial charge in [-0.25, -0.2) is 0 Å². The highest BCUT2D eigenvalue weighted by atomic mass is 79.9. The van der Waals surface area contributed by atoms with Gasteiger partial charge in [0.1, 0.15) is 0 Å². The predicted molar refractivity (Wildman–Crippen MR) is 64.7 cm³/mol. The number of hydrogen-bond donors (Lipinski definition) is 2. The number of carbonyl (C=O) groups excluding carboxylic acids is 1. The van der Waals surface area contributed by atoms with E-state index < -0.39 is 5.54 Å². The predicted octanol–water partition coefficient (Wildman–Crippen LogP) is 1.84. The number of furan rings is 1. The molecule has 0 spiro atoms. The van der Waals surface area contributed by atoms with Gasteiger partial charge in [0, 0.05) is 0 Å². The summed E-state index contributed by atoms with van der Waals surface area (Å²) in [5.74, 6) is -0.284. The third-order valence-corrected chi connectivity index (χ3v) is 3.03. The van der Waals surface area contributed by atoms with Gasteiger partial charge in [-0.1, -0.05) is 12.2 Å². The Bertz CT molecular complexity index is 401. The van der Waals surface area contributed by atoms with Gasteiger partial charge in [0.05, 0.1) is 22.4 Å². The van der Waals surface area contributed by atoms with Crippen molar-refractivity contribution in [2.45, 2.75) is 19.4 Å². The van der Waals surface area contributed by atoms with Crippen molar-refractivity contribution in [1.82, 2.24) is 5.32 Å². The summed E-state index contributed by atoms with van der Waals surface area (Å²) in [6.45, 7) is 3.47. The minimum atomic E-state index is -0.719. The molecular formula is C9H11BrN2O2S. The lowest BCUT2D eigenvalue weighted by Crippen LogP contribution is -2.52.